The van der Waals surface area contributed by atoms with E-state index in [0.717, 1.165) is 50.9 Å². The van der Waals surface area contributed by atoms with Crippen LogP contribution < -0.4 is 5.32 Å². The van der Waals surface area contributed by atoms with Crippen LogP contribution in [-0.2, 0) is 0 Å². The fourth-order valence-electron chi connectivity index (χ4n) is 6.18. The van der Waals surface area contributed by atoms with Gasteiger partial charge in [0.25, 0.3) is 0 Å². The third-order valence-electron chi connectivity index (χ3n) is 8.33. The van der Waals surface area contributed by atoms with Gasteiger partial charge in [-0.1, -0.05) is 100 Å². The molecular formula is C40H37N5. The third kappa shape index (κ3) is 5.42. The number of anilines is 2. The number of nitrogens with one attached hydrogen (secondary N) is 1. The average molecular weight is 588 g/mol. The lowest BCUT2D eigenvalue weighted by Crippen LogP contribution is -2.07. The van der Waals surface area contributed by atoms with Gasteiger partial charge in [-0.3, -0.25) is 9.13 Å². The van der Waals surface area contributed by atoms with Gasteiger partial charge in [0.05, 0.1) is 16.7 Å². The van der Waals surface area contributed by atoms with E-state index < -0.39 is 0 Å². The van der Waals surface area contributed by atoms with Gasteiger partial charge in [-0.25, -0.2) is 9.97 Å². The Morgan fingerprint density at radius 3 is 1.87 bits per heavy atom. The molecule has 0 spiro atoms. The molecule has 5 heteroatoms. The first-order valence-electron chi connectivity index (χ1n) is 15.7. The van der Waals surface area contributed by atoms with Crippen LogP contribution in [-0.4, -0.2) is 19.1 Å². The van der Waals surface area contributed by atoms with Gasteiger partial charge in [-0.15, -0.1) is 0 Å². The molecule has 5 aromatic carbocycles. The third-order valence-corrected chi connectivity index (χ3v) is 8.33. The van der Waals surface area contributed by atoms with Gasteiger partial charge in [-0.2, -0.15) is 0 Å². The summed E-state index contributed by atoms with van der Waals surface area (Å²) in [5, 5.41) is 3.65. The first kappa shape index (κ1) is 28.4. The Bertz CT molecular complexity index is 2070. The van der Waals surface area contributed by atoms with E-state index in [-0.39, 0.29) is 0 Å². The Morgan fingerprint density at radius 1 is 0.600 bits per heavy atom. The molecule has 0 aliphatic carbocycles. The summed E-state index contributed by atoms with van der Waals surface area (Å²) >= 11 is 0. The zero-order valence-electron chi connectivity index (χ0n) is 26.1. The molecular weight excluding hydrogens is 550 g/mol. The quantitative estimate of drug-likeness (QED) is 0.192. The predicted molar refractivity (Wildman–Crippen MR) is 187 cm³/mol. The second-order valence-electron chi connectivity index (χ2n) is 12.1. The van der Waals surface area contributed by atoms with Crippen molar-refractivity contribution in [2.45, 2.75) is 39.5 Å². The predicted octanol–water partition coefficient (Wildman–Crippen LogP) is 10.5. The van der Waals surface area contributed by atoms with E-state index >= 15 is 0 Å². The summed E-state index contributed by atoms with van der Waals surface area (Å²) in [6.07, 6.45) is 3.99. The highest BCUT2D eigenvalue weighted by Crippen LogP contribution is 2.35. The van der Waals surface area contributed by atoms with Gasteiger partial charge in [0, 0.05) is 40.6 Å². The lowest BCUT2D eigenvalue weighted by Gasteiger charge is -2.22. The summed E-state index contributed by atoms with van der Waals surface area (Å²) in [5.74, 6) is 2.62. The van der Waals surface area contributed by atoms with Crippen LogP contribution in [0.15, 0.2) is 134 Å². The lowest BCUT2D eigenvalue weighted by atomic mass is 9.92. The second-order valence-corrected chi connectivity index (χ2v) is 12.1. The Labute approximate surface area is 264 Å². The number of hydrogen-bond donors (Lipinski definition) is 1. The highest BCUT2D eigenvalue weighted by molar-refractivity contribution is 5.84. The number of para-hydroxylation sites is 4. The standard InChI is InChI=1S/C40H37N5/c1-27(2)34-19-12-20-35(28(3)4)38(34)44-24-23-41-39(44)29-13-10-15-31(25-29)42-32-16-11-14-30(26-32)40-43-36-21-8-9-22-37(36)45(40)33-17-6-5-7-18-33/h5-28,42H,1-4H3. The van der Waals surface area contributed by atoms with Crippen LogP contribution >= 0.6 is 0 Å². The zero-order chi connectivity index (χ0) is 30.9. The van der Waals surface area contributed by atoms with Crippen LogP contribution in [0.2, 0.25) is 0 Å². The van der Waals surface area contributed by atoms with Crippen molar-refractivity contribution < 1.29 is 0 Å². The van der Waals surface area contributed by atoms with Gasteiger partial charge in [0.1, 0.15) is 11.6 Å². The van der Waals surface area contributed by atoms with Crippen LogP contribution in [0.3, 0.4) is 0 Å². The van der Waals surface area contributed by atoms with E-state index in [1.165, 1.54) is 16.8 Å². The van der Waals surface area contributed by atoms with Crippen LogP contribution in [0.4, 0.5) is 11.4 Å². The van der Waals surface area contributed by atoms with E-state index in [1.54, 1.807) is 0 Å². The number of rotatable bonds is 8. The van der Waals surface area contributed by atoms with Gasteiger partial charge >= 0.3 is 0 Å². The maximum atomic E-state index is 5.06. The summed E-state index contributed by atoms with van der Waals surface area (Å²) in [6, 6.07) is 42.4. The highest BCUT2D eigenvalue weighted by atomic mass is 15.1. The normalized spacial score (nSPS) is 11.5. The van der Waals surface area contributed by atoms with Gasteiger partial charge in [0.15, 0.2) is 0 Å². The Hall–Kier alpha value is -5.42. The molecule has 45 heavy (non-hydrogen) atoms. The van der Waals surface area contributed by atoms with Crippen molar-refractivity contribution in [3.63, 3.8) is 0 Å². The fourth-order valence-corrected chi connectivity index (χ4v) is 6.18. The van der Waals surface area contributed by atoms with Gasteiger partial charge in [0.2, 0.25) is 0 Å². The van der Waals surface area contributed by atoms with Gasteiger partial charge in [-0.05, 0) is 71.5 Å². The maximum absolute atomic E-state index is 5.06. The molecule has 7 rings (SSSR count). The van der Waals surface area contributed by atoms with Crippen molar-refractivity contribution >= 4 is 22.4 Å². The minimum atomic E-state index is 0.393. The van der Waals surface area contributed by atoms with E-state index in [0.29, 0.717) is 11.8 Å². The zero-order valence-corrected chi connectivity index (χ0v) is 26.1. The summed E-state index contributed by atoms with van der Waals surface area (Å²) in [7, 11) is 0. The Morgan fingerprint density at radius 2 is 1.20 bits per heavy atom. The molecule has 222 valence electrons. The lowest BCUT2D eigenvalue weighted by molar-refractivity contribution is 0.807. The molecule has 0 saturated heterocycles. The summed E-state index contributed by atoms with van der Waals surface area (Å²) < 4.78 is 4.49. The first-order valence-corrected chi connectivity index (χ1v) is 15.7. The molecule has 0 atom stereocenters. The van der Waals surface area contributed by atoms with Crippen LogP contribution in [0.25, 0.3) is 45.2 Å². The molecule has 1 N–H and O–H groups in total. The van der Waals surface area contributed by atoms with Crippen LogP contribution in [0, 0.1) is 0 Å². The number of imidazole rings is 2. The molecule has 0 bridgehead atoms. The first-order chi connectivity index (χ1) is 22.0. The average Bonchev–Trinajstić information content (AvgIpc) is 3.71. The number of hydrogen-bond acceptors (Lipinski definition) is 3. The molecule has 2 aromatic heterocycles. The molecule has 0 fully saturated rings. The number of fused-ring (bicyclic) bond motifs is 1. The van der Waals surface area contributed by atoms with Crippen molar-refractivity contribution in [1.29, 1.82) is 0 Å². The van der Waals surface area contributed by atoms with E-state index in [2.05, 4.69) is 158 Å². The van der Waals surface area contributed by atoms with Gasteiger partial charge < -0.3 is 5.32 Å². The molecule has 2 heterocycles. The molecule has 0 saturated carbocycles. The van der Waals surface area contributed by atoms with E-state index in [1.807, 2.05) is 18.3 Å². The molecule has 0 aliphatic heterocycles. The molecule has 0 radical (unpaired) electrons. The smallest absolute Gasteiger partial charge is 0.145 e. The molecule has 0 amide bonds. The van der Waals surface area contributed by atoms with Crippen molar-refractivity contribution in [2.75, 3.05) is 5.32 Å². The van der Waals surface area contributed by atoms with Crippen molar-refractivity contribution in [1.82, 2.24) is 19.1 Å². The topological polar surface area (TPSA) is 47.7 Å². The van der Waals surface area contributed by atoms with E-state index in [4.69, 9.17) is 9.97 Å². The fraction of sp³-hybridized carbons (Fsp3) is 0.150. The summed E-state index contributed by atoms with van der Waals surface area (Å²) in [6.45, 7) is 9.03. The monoisotopic (exact) mass is 587 g/mol. The Kier molecular flexibility index (Phi) is 7.52. The molecule has 5 nitrogen and oxygen atoms in total. The van der Waals surface area contributed by atoms with Crippen LogP contribution in [0.5, 0.6) is 0 Å². The number of aromatic nitrogens is 4. The number of benzene rings is 5. The second kappa shape index (κ2) is 11.9. The molecule has 0 unspecified atom stereocenters. The van der Waals surface area contributed by atoms with Crippen LogP contribution in [0.1, 0.15) is 50.7 Å². The SMILES string of the molecule is CC(C)c1cccc(C(C)C)c1-n1ccnc1-c1cccc(Nc2cccc(-c3nc4ccccc4n3-c3ccccc3)c2)c1. The number of nitrogens with zero attached hydrogens (tertiary/aromatic N) is 4. The minimum absolute atomic E-state index is 0.393. The maximum Gasteiger partial charge on any atom is 0.145 e. The van der Waals surface area contributed by atoms with Crippen molar-refractivity contribution in [2.24, 2.45) is 0 Å². The van der Waals surface area contributed by atoms with Crippen molar-refractivity contribution in [3.05, 3.63) is 145 Å². The minimum Gasteiger partial charge on any atom is -0.355 e. The molecule has 7 aromatic rings. The largest absolute Gasteiger partial charge is 0.355 e. The van der Waals surface area contributed by atoms with Crippen molar-refractivity contribution in [3.8, 4) is 34.2 Å². The van der Waals surface area contributed by atoms with E-state index in [9.17, 15) is 0 Å². The Balaban J connectivity index is 1.25. The summed E-state index contributed by atoms with van der Waals surface area (Å²) in [4.78, 5) is 9.91. The summed E-state index contributed by atoms with van der Waals surface area (Å²) in [5.41, 5.74) is 11.1. The highest BCUT2D eigenvalue weighted by Gasteiger charge is 2.19. The molecule has 0 aliphatic rings.